The van der Waals surface area contributed by atoms with Gasteiger partial charge in [0.15, 0.2) is 5.13 Å². The Morgan fingerprint density at radius 3 is 2.76 bits per heavy atom. The molecule has 0 bridgehead atoms. The maximum absolute atomic E-state index is 5.56. The Bertz CT molecular complexity index is 479. The standard InChI is InChI=1S/C10H15N5OS/c1-15(2)10-13-8(16-14-10)5-3-4-7-6-17-9(11)12-7/h6H,3-5H2,1-2H3,(H2,11,12). The minimum Gasteiger partial charge on any atom is -0.375 e. The third kappa shape index (κ3) is 3.16. The van der Waals surface area contributed by atoms with E-state index in [2.05, 4.69) is 15.1 Å². The number of aryl methyl sites for hydroxylation is 2. The molecule has 0 radical (unpaired) electrons. The average Bonchev–Trinajstić information content (AvgIpc) is 2.88. The van der Waals surface area contributed by atoms with Gasteiger partial charge in [0.05, 0.1) is 5.69 Å². The molecule has 2 aromatic heterocycles. The highest BCUT2D eigenvalue weighted by Crippen LogP contribution is 2.14. The third-order valence-corrected chi connectivity index (χ3v) is 2.97. The highest BCUT2D eigenvalue weighted by molar-refractivity contribution is 7.13. The van der Waals surface area contributed by atoms with Gasteiger partial charge in [0, 0.05) is 25.9 Å². The van der Waals surface area contributed by atoms with Crippen LogP contribution >= 0.6 is 11.3 Å². The molecule has 0 spiro atoms. The van der Waals surface area contributed by atoms with Gasteiger partial charge in [0.25, 0.3) is 5.95 Å². The summed E-state index contributed by atoms with van der Waals surface area (Å²) in [5.41, 5.74) is 6.59. The Kier molecular flexibility index (Phi) is 3.58. The molecule has 0 amide bonds. The number of nitrogen functional groups attached to an aromatic ring is 1. The van der Waals surface area contributed by atoms with Crippen LogP contribution in [0, 0.1) is 0 Å². The number of thiazole rings is 1. The number of rotatable bonds is 5. The lowest BCUT2D eigenvalue weighted by Gasteiger charge is -2.02. The van der Waals surface area contributed by atoms with Crippen LogP contribution in [0.1, 0.15) is 18.0 Å². The van der Waals surface area contributed by atoms with Crippen LogP contribution in [0.25, 0.3) is 0 Å². The van der Waals surface area contributed by atoms with E-state index >= 15 is 0 Å². The van der Waals surface area contributed by atoms with Crippen molar-refractivity contribution in [1.29, 1.82) is 0 Å². The molecule has 0 unspecified atom stereocenters. The zero-order valence-corrected chi connectivity index (χ0v) is 10.7. The van der Waals surface area contributed by atoms with Crippen LogP contribution < -0.4 is 10.6 Å². The molecule has 2 aromatic rings. The van der Waals surface area contributed by atoms with E-state index in [0.29, 0.717) is 17.0 Å². The van der Waals surface area contributed by atoms with Crippen molar-refractivity contribution in [3.05, 3.63) is 17.0 Å². The lowest BCUT2D eigenvalue weighted by Crippen LogP contribution is -2.10. The van der Waals surface area contributed by atoms with Crippen LogP contribution in [-0.2, 0) is 12.8 Å². The number of nitrogens with two attached hydrogens (primary N) is 1. The van der Waals surface area contributed by atoms with Crippen LogP contribution in [0.2, 0.25) is 0 Å². The molecule has 0 atom stereocenters. The van der Waals surface area contributed by atoms with Crippen LogP contribution in [0.4, 0.5) is 11.1 Å². The molecule has 0 aliphatic carbocycles. The minimum atomic E-state index is 0.609. The number of hydrogen-bond donors (Lipinski definition) is 1. The maximum Gasteiger partial charge on any atom is 0.265 e. The van der Waals surface area contributed by atoms with Gasteiger partial charge in [0.2, 0.25) is 5.89 Å². The van der Waals surface area contributed by atoms with Gasteiger partial charge >= 0.3 is 0 Å². The van der Waals surface area contributed by atoms with Crippen LogP contribution in [0.3, 0.4) is 0 Å². The highest BCUT2D eigenvalue weighted by atomic mass is 32.1. The molecule has 2 rings (SSSR count). The van der Waals surface area contributed by atoms with Gasteiger partial charge in [-0.1, -0.05) is 0 Å². The molecule has 17 heavy (non-hydrogen) atoms. The van der Waals surface area contributed by atoms with Crippen LogP contribution in [-0.4, -0.2) is 29.2 Å². The summed E-state index contributed by atoms with van der Waals surface area (Å²) >= 11 is 1.47. The summed E-state index contributed by atoms with van der Waals surface area (Å²) < 4.78 is 5.12. The van der Waals surface area contributed by atoms with Crippen LogP contribution in [0.5, 0.6) is 0 Å². The lowest BCUT2D eigenvalue weighted by molar-refractivity contribution is 0.375. The first-order valence-electron chi connectivity index (χ1n) is 5.35. The van der Waals surface area contributed by atoms with Crippen molar-refractivity contribution in [2.45, 2.75) is 19.3 Å². The summed E-state index contributed by atoms with van der Waals surface area (Å²) in [6.07, 6.45) is 2.57. The van der Waals surface area contributed by atoms with E-state index < -0.39 is 0 Å². The van der Waals surface area contributed by atoms with Gasteiger partial charge < -0.3 is 15.2 Å². The molecule has 92 valence electrons. The molecule has 0 saturated carbocycles. The topological polar surface area (TPSA) is 81.1 Å². The van der Waals surface area contributed by atoms with E-state index in [-0.39, 0.29) is 0 Å². The first-order chi connectivity index (χ1) is 8.15. The second-order valence-electron chi connectivity index (χ2n) is 3.91. The highest BCUT2D eigenvalue weighted by Gasteiger charge is 2.07. The molecule has 6 nitrogen and oxygen atoms in total. The van der Waals surface area contributed by atoms with Crippen molar-refractivity contribution < 1.29 is 4.52 Å². The fraction of sp³-hybridized carbons (Fsp3) is 0.500. The smallest absolute Gasteiger partial charge is 0.265 e. The van der Waals surface area contributed by atoms with Crippen molar-refractivity contribution in [3.8, 4) is 0 Å². The van der Waals surface area contributed by atoms with Crippen molar-refractivity contribution in [1.82, 2.24) is 15.1 Å². The molecule has 0 aromatic carbocycles. The van der Waals surface area contributed by atoms with E-state index in [0.717, 1.165) is 25.0 Å². The minimum absolute atomic E-state index is 0.609. The number of anilines is 2. The van der Waals surface area contributed by atoms with E-state index in [1.54, 1.807) is 0 Å². The van der Waals surface area contributed by atoms with Gasteiger partial charge in [-0.2, -0.15) is 4.98 Å². The number of nitrogens with zero attached hydrogens (tertiary/aromatic N) is 4. The van der Waals surface area contributed by atoms with Gasteiger partial charge in [-0.05, 0) is 18.0 Å². The normalized spacial score (nSPS) is 10.7. The molecular weight excluding hydrogens is 238 g/mol. The molecular formula is C10H15N5OS. The molecule has 7 heteroatoms. The molecule has 2 heterocycles. The zero-order chi connectivity index (χ0) is 12.3. The van der Waals surface area contributed by atoms with E-state index in [1.165, 1.54) is 11.3 Å². The third-order valence-electron chi connectivity index (χ3n) is 2.25. The van der Waals surface area contributed by atoms with Crippen molar-refractivity contribution >= 4 is 22.4 Å². The summed E-state index contributed by atoms with van der Waals surface area (Å²) in [5.74, 6) is 1.27. The molecule has 0 aliphatic rings. The predicted octanol–water partition coefficient (Wildman–Crippen LogP) is 1.35. The fourth-order valence-electron chi connectivity index (χ4n) is 1.39. The Morgan fingerprint density at radius 1 is 1.35 bits per heavy atom. The van der Waals surface area contributed by atoms with Crippen LogP contribution in [0.15, 0.2) is 9.90 Å². The second-order valence-corrected chi connectivity index (χ2v) is 4.80. The van der Waals surface area contributed by atoms with Gasteiger partial charge in [-0.3, -0.25) is 0 Å². The first-order valence-corrected chi connectivity index (χ1v) is 6.23. The summed E-state index contributed by atoms with van der Waals surface area (Å²) in [7, 11) is 3.76. The van der Waals surface area contributed by atoms with Gasteiger partial charge in [0.1, 0.15) is 0 Å². The largest absolute Gasteiger partial charge is 0.375 e. The summed E-state index contributed by atoms with van der Waals surface area (Å²) in [6, 6.07) is 0. The monoisotopic (exact) mass is 253 g/mol. The SMILES string of the molecule is CN(C)c1noc(CCCc2csc(N)n2)n1. The Morgan fingerprint density at radius 2 is 2.18 bits per heavy atom. The number of aromatic nitrogens is 3. The molecule has 0 saturated heterocycles. The van der Waals surface area contributed by atoms with E-state index in [1.807, 2.05) is 24.4 Å². The van der Waals surface area contributed by atoms with Gasteiger partial charge in [-0.25, -0.2) is 4.98 Å². The summed E-state index contributed by atoms with van der Waals surface area (Å²) in [6.45, 7) is 0. The lowest BCUT2D eigenvalue weighted by atomic mass is 10.2. The predicted molar refractivity (Wildman–Crippen MR) is 67.2 cm³/mol. The quantitative estimate of drug-likeness (QED) is 0.866. The van der Waals surface area contributed by atoms with Crippen molar-refractivity contribution in [2.24, 2.45) is 0 Å². The Labute approximate surface area is 103 Å². The molecule has 0 aliphatic heterocycles. The van der Waals surface area contributed by atoms with Gasteiger partial charge in [-0.15, -0.1) is 11.3 Å². The first kappa shape index (κ1) is 11.8. The zero-order valence-electron chi connectivity index (χ0n) is 9.88. The molecule has 2 N–H and O–H groups in total. The second kappa shape index (κ2) is 5.13. The average molecular weight is 253 g/mol. The fourth-order valence-corrected chi connectivity index (χ4v) is 1.98. The van der Waals surface area contributed by atoms with Crippen molar-refractivity contribution in [2.75, 3.05) is 24.7 Å². The maximum atomic E-state index is 5.56. The van der Waals surface area contributed by atoms with E-state index in [9.17, 15) is 0 Å². The summed E-state index contributed by atoms with van der Waals surface area (Å²) in [5, 5.41) is 6.45. The Hall–Kier alpha value is -1.63. The molecule has 0 fully saturated rings. The van der Waals surface area contributed by atoms with Crippen molar-refractivity contribution in [3.63, 3.8) is 0 Å². The Balaban J connectivity index is 1.81. The number of hydrogen-bond acceptors (Lipinski definition) is 7. The van der Waals surface area contributed by atoms with E-state index in [4.69, 9.17) is 10.3 Å². The summed E-state index contributed by atoms with van der Waals surface area (Å²) in [4.78, 5) is 10.3.